The molecule has 11 heavy (non-hydrogen) atoms. The molecule has 1 spiro atoms. The molecule has 0 unspecified atom stereocenters. The Bertz CT molecular complexity index is 187. The maximum absolute atomic E-state index is 11.2. The molecule has 62 valence electrons. The lowest BCUT2D eigenvalue weighted by Crippen LogP contribution is -2.24. The zero-order chi connectivity index (χ0) is 7.90. The van der Waals surface area contributed by atoms with Crippen LogP contribution in [0.2, 0.25) is 0 Å². The van der Waals surface area contributed by atoms with Gasteiger partial charge in [0.15, 0.2) is 0 Å². The van der Waals surface area contributed by atoms with Gasteiger partial charge in [-0.3, -0.25) is 4.79 Å². The van der Waals surface area contributed by atoms with Crippen molar-refractivity contribution in [1.29, 1.82) is 0 Å². The van der Waals surface area contributed by atoms with Gasteiger partial charge in [0.2, 0.25) is 0 Å². The standard InChI is InChI=1S/C8H13NO2/c1-11-7(10)6-4-9-5-8(6)2-3-8/h6,9H,2-5H2,1H3/t6-/m0/s1. The van der Waals surface area contributed by atoms with Gasteiger partial charge in [0.1, 0.15) is 0 Å². The van der Waals surface area contributed by atoms with E-state index in [0.29, 0.717) is 5.41 Å². The van der Waals surface area contributed by atoms with E-state index in [1.165, 1.54) is 20.0 Å². The number of nitrogens with one attached hydrogen (secondary N) is 1. The lowest BCUT2D eigenvalue weighted by molar-refractivity contribution is -0.146. The Morgan fingerprint density at radius 2 is 2.36 bits per heavy atom. The molecule has 2 aliphatic rings. The maximum atomic E-state index is 11.2. The van der Waals surface area contributed by atoms with Crippen LogP contribution in [-0.4, -0.2) is 26.2 Å². The number of rotatable bonds is 1. The summed E-state index contributed by atoms with van der Waals surface area (Å²) < 4.78 is 4.73. The largest absolute Gasteiger partial charge is 0.469 e. The van der Waals surface area contributed by atoms with Gasteiger partial charge >= 0.3 is 5.97 Å². The first kappa shape index (κ1) is 7.10. The molecular weight excluding hydrogens is 142 g/mol. The van der Waals surface area contributed by atoms with Gasteiger partial charge in [0, 0.05) is 13.1 Å². The summed E-state index contributed by atoms with van der Waals surface area (Å²) in [6, 6.07) is 0. The van der Waals surface area contributed by atoms with Gasteiger partial charge in [0.05, 0.1) is 13.0 Å². The maximum Gasteiger partial charge on any atom is 0.310 e. The first-order valence-electron chi connectivity index (χ1n) is 4.07. The first-order chi connectivity index (χ1) is 5.28. The molecule has 0 amide bonds. The summed E-state index contributed by atoms with van der Waals surface area (Å²) in [6.45, 7) is 1.82. The van der Waals surface area contributed by atoms with Gasteiger partial charge < -0.3 is 10.1 Å². The molecule has 0 aromatic carbocycles. The summed E-state index contributed by atoms with van der Waals surface area (Å²) in [5, 5.41) is 3.24. The fourth-order valence-corrected chi connectivity index (χ4v) is 1.97. The molecule has 1 N–H and O–H groups in total. The fourth-order valence-electron chi connectivity index (χ4n) is 1.97. The van der Waals surface area contributed by atoms with Crippen LogP contribution in [0.15, 0.2) is 0 Å². The van der Waals surface area contributed by atoms with Gasteiger partial charge in [0.25, 0.3) is 0 Å². The van der Waals surface area contributed by atoms with Gasteiger partial charge in [-0.15, -0.1) is 0 Å². The summed E-state index contributed by atoms with van der Waals surface area (Å²) in [5.74, 6) is 0.0972. The molecule has 1 heterocycles. The Morgan fingerprint density at radius 3 is 2.91 bits per heavy atom. The normalized spacial score (nSPS) is 32.3. The van der Waals surface area contributed by atoms with Crippen molar-refractivity contribution in [2.45, 2.75) is 12.8 Å². The topological polar surface area (TPSA) is 38.3 Å². The highest BCUT2D eigenvalue weighted by Crippen LogP contribution is 2.54. The lowest BCUT2D eigenvalue weighted by atomic mass is 9.93. The Labute approximate surface area is 66.1 Å². The molecule has 1 atom stereocenters. The van der Waals surface area contributed by atoms with E-state index in [1.54, 1.807) is 0 Å². The Hall–Kier alpha value is -0.570. The lowest BCUT2D eigenvalue weighted by Gasteiger charge is -2.13. The van der Waals surface area contributed by atoms with Crippen LogP contribution in [0.1, 0.15) is 12.8 Å². The summed E-state index contributed by atoms with van der Waals surface area (Å²) in [5.41, 5.74) is 0.299. The van der Waals surface area contributed by atoms with Crippen LogP contribution in [-0.2, 0) is 9.53 Å². The molecule has 0 bridgehead atoms. The monoisotopic (exact) mass is 155 g/mol. The fraction of sp³-hybridized carbons (Fsp3) is 0.875. The molecule has 1 saturated heterocycles. The predicted octanol–water partition coefficient (Wildman–Crippen LogP) is 0.159. The van der Waals surface area contributed by atoms with Crippen molar-refractivity contribution >= 4 is 5.97 Å². The van der Waals surface area contributed by atoms with Crippen molar-refractivity contribution < 1.29 is 9.53 Å². The third kappa shape index (κ3) is 0.948. The predicted molar refractivity (Wildman–Crippen MR) is 40.0 cm³/mol. The smallest absolute Gasteiger partial charge is 0.310 e. The summed E-state index contributed by atoms with van der Waals surface area (Å²) >= 11 is 0. The van der Waals surface area contributed by atoms with Crippen LogP contribution in [0.25, 0.3) is 0 Å². The van der Waals surface area contributed by atoms with Crippen LogP contribution in [0, 0.1) is 11.3 Å². The summed E-state index contributed by atoms with van der Waals surface area (Å²) in [6.07, 6.45) is 2.39. The molecule has 2 fully saturated rings. The second kappa shape index (κ2) is 2.21. The number of carbonyl (C=O) groups excluding carboxylic acids is 1. The van der Waals surface area contributed by atoms with E-state index in [9.17, 15) is 4.79 Å². The van der Waals surface area contributed by atoms with Crippen molar-refractivity contribution in [2.24, 2.45) is 11.3 Å². The number of carbonyl (C=O) groups is 1. The number of ether oxygens (including phenoxy) is 1. The van der Waals surface area contributed by atoms with Crippen molar-refractivity contribution in [3.05, 3.63) is 0 Å². The van der Waals surface area contributed by atoms with E-state index in [1.807, 2.05) is 0 Å². The second-order valence-electron chi connectivity index (χ2n) is 3.57. The molecule has 1 aliphatic carbocycles. The SMILES string of the molecule is COC(=O)[C@@H]1CNCC12CC2. The van der Waals surface area contributed by atoms with E-state index >= 15 is 0 Å². The average Bonchev–Trinajstić information content (AvgIpc) is 2.63. The highest BCUT2D eigenvalue weighted by atomic mass is 16.5. The van der Waals surface area contributed by atoms with Crippen LogP contribution < -0.4 is 5.32 Å². The molecular formula is C8H13NO2. The zero-order valence-corrected chi connectivity index (χ0v) is 6.72. The quantitative estimate of drug-likeness (QED) is 0.548. The van der Waals surface area contributed by atoms with Crippen molar-refractivity contribution in [2.75, 3.05) is 20.2 Å². The highest BCUT2D eigenvalue weighted by molar-refractivity contribution is 5.74. The Morgan fingerprint density at radius 1 is 1.64 bits per heavy atom. The molecule has 0 radical (unpaired) electrons. The average molecular weight is 155 g/mol. The van der Waals surface area contributed by atoms with Crippen LogP contribution >= 0.6 is 0 Å². The summed E-state index contributed by atoms with van der Waals surface area (Å²) in [4.78, 5) is 11.2. The van der Waals surface area contributed by atoms with Gasteiger partial charge in [-0.1, -0.05) is 0 Å². The number of hydrogen-bond acceptors (Lipinski definition) is 3. The molecule has 1 saturated carbocycles. The van der Waals surface area contributed by atoms with Gasteiger partial charge in [-0.05, 0) is 18.3 Å². The molecule has 3 nitrogen and oxygen atoms in total. The molecule has 1 aliphatic heterocycles. The van der Waals surface area contributed by atoms with Crippen LogP contribution in [0.3, 0.4) is 0 Å². The van der Waals surface area contributed by atoms with E-state index in [-0.39, 0.29) is 11.9 Å². The third-order valence-corrected chi connectivity index (χ3v) is 2.94. The van der Waals surface area contributed by atoms with Gasteiger partial charge in [-0.25, -0.2) is 0 Å². The zero-order valence-electron chi connectivity index (χ0n) is 6.72. The second-order valence-corrected chi connectivity index (χ2v) is 3.57. The Kier molecular flexibility index (Phi) is 1.42. The molecule has 3 heteroatoms. The number of methoxy groups -OCH3 is 1. The third-order valence-electron chi connectivity index (χ3n) is 2.94. The first-order valence-corrected chi connectivity index (χ1v) is 4.07. The number of esters is 1. The van der Waals surface area contributed by atoms with Crippen LogP contribution in [0.4, 0.5) is 0 Å². The number of hydrogen-bond donors (Lipinski definition) is 1. The summed E-state index contributed by atoms with van der Waals surface area (Å²) in [7, 11) is 1.47. The minimum atomic E-state index is -0.0347. The van der Waals surface area contributed by atoms with Gasteiger partial charge in [-0.2, -0.15) is 0 Å². The van der Waals surface area contributed by atoms with Crippen LogP contribution in [0.5, 0.6) is 0 Å². The van der Waals surface area contributed by atoms with Crippen molar-refractivity contribution in [1.82, 2.24) is 5.32 Å². The van der Waals surface area contributed by atoms with E-state index in [2.05, 4.69) is 5.32 Å². The van der Waals surface area contributed by atoms with Crippen molar-refractivity contribution in [3.63, 3.8) is 0 Å². The Balaban J connectivity index is 2.08. The highest BCUT2D eigenvalue weighted by Gasteiger charge is 2.55. The minimum absolute atomic E-state index is 0.0347. The molecule has 0 aromatic rings. The van der Waals surface area contributed by atoms with E-state index in [4.69, 9.17) is 4.74 Å². The van der Waals surface area contributed by atoms with Crippen molar-refractivity contribution in [3.8, 4) is 0 Å². The van der Waals surface area contributed by atoms with E-state index in [0.717, 1.165) is 13.1 Å². The molecule has 0 aromatic heterocycles. The van der Waals surface area contributed by atoms with E-state index < -0.39 is 0 Å². The minimum Gasteiger partial charge on any atom is -0.469 e. The molecule has 2 rings (SSSR count).